The maximum Gasteiger partial charge on any atom is 0.410 e. The van der Waals surface area contributed by atoms with E-state index in [-0.39, 0.29) is 84.3 Å². The summed E-state index contributed by atoms with van der Waals surface area (Å²) in [7, 11) is 0. The summed E-state index contributed by atoms with van der Waals surface area (Å²) in [6.45, 7) is 16.6. The lowest BCUT2D eigenvalue weighted by Gasteiger charge is -2.32. The molecule has 1 aromatic rings. The number of aliphatic hydroxyl groups excluding tert-OH is 1. The Labute approximate surface area is 340 Å². The first-order chi connectivity index (χ1) is 25.1. The molecule has 1 aromatic carbocycles. The van der Waals surface area contributed by atoms with Crippen LogP contribution in [0.25, 0.3) is 0 Å². The van der Waals surface area contributed by atoms with E-state index in [9.17, 15) is 33.6 Å². The van der Waals surface area contributed by atoms with Crippen molar-refractivity contribution in [3.8, 4) is 0 Å². The van der Waals surface area contributed by atoms with Crippen molar-refractivity contribution < 1.29 is 57.6 Å². The van der Waals surface area contributed by atoms with Gasteiger partial charge in [0.05, 0.1) is 19.8 Å². The molecule has 0 bridgehead atoms. The summed E-state index contributed by atoms with van der Waals surface area (Å²) in [5, 5.41) is 10.6. The Morgan fingerprint density at radius 3 is 1.66 bits per heavy atom. The van der Waals surface area contributed by atoms with Crippen LogP contribution < -0.4 is 5.32 Å². The van der Waals surface area contributed by atoms with Gasteiger partial charge in [-0.2, -0.15) is 0 Å². The molecule has 3 fully saturated rings. The van der Waals surface area contributed by atoms with Crippen molar-refractivity contribution in [3.05, 3.63) is 35.9 Å². The number of Topliss-reactive ketones (excluding diaryl/α,β-unsaturated/α-hetero) is 3. The fraction of sp³-hybridized carbons (Fsp3) is 0.667. The molecule has 0 aromatic heterocycles. The number of esters is 3. The summed E-state index contributed by atoms with van der Waals surface area (Å²) >= 11 is 0. The molecule has 3 radical (unpaired) electrons. The minimum Gasteiger partial charge on any atom is -0.465 e. The molecule has 3 saturated heterocycles. The average molecular weight is 813 g/mol. The Hall–Kier alpha value is -3.86. The molecule has 3 unspecified atom stereocenters. The Bertz CT molecular complexity index is 1350. The second-order valence-corrected chi connectivity index (χ2v) is 13.2. The number of likely N-dealkylation sites (tertiary alicyclic amines) is 2. The summed E-state index contributed by atoms with van der Waals surface area (Å²) in [5.41, 5.74) is 0.595. The van der Waals surface area contributed by atoms with Gasteiger partial charge < -0.3 is 34.3 Å². The number of rotatable bonds is 8. The molecule has 0 aliphatic carbocycles. The maximum atomic E-state index is 11.9. The topological polar surface area (TPSA) is 195 Å². The molecule has 17 heteroatoms. The summed E-state index contributed by atoms with van der Waals surface area (Å²) in [6.07, 6.45) is 0.511. The lowest BCUT2D eigenvalue weighted by atomic mass is 9.96. The highest BCUT2D eigenvalue weighted by Crippen LogP contribution is 2.19. The van der Waals surface area contributed by atoms with Gasteiger partial charge in [0, 0.05) is 80.1 Å². The molecule has 56 heavy (non-hydrogen) atoms. The van der Waals surface area contributed by atoms with Crippen LogP contribution in [0.4, 0.5) is 4.79 Å². The number of aliphatic hydroxyl groups is 1. The zero-order valence-corrected chi connectivity index (χ0v) is 34.2. The van der Waals surface area contributed by atoms with Gasteiger partial charge in [0.25, 0.3) is 0 Å². The predicted octanol–water partition coefficient (Wildman–Crippen LogP) is 3.42. The predicted molar refractivity (Wildman–Crippen MR) is 214 cm³/mol. The summed E-state index contributed by atoms with van der Waals surface area (Å²) in [4.78, 5) is 84.5. The van der Waals surface area contributed by atoms with Crippen LogP contribution in [0, 0.1) is 17.8 Å². The van der Waals surface area contributed by atoms with E-state index >= 15 is 0 Å². The van der Waals surface area contributed by atoms with Crippen LogP contribution in [-0.4, -0.2) is 136 Å². The molecule has 1 amide bonds. The fourth-order valence-electron chi connectivity index (χ4n) is 5.31. The van der Waals surface area contributed by atoms with Crippen LogP contribution in [0.15, 0.2) is 30.3 Å². The van der Waals surface area contributed by atoms with Gasteiger partial charge in [0.2, 0.25) is 0 Å². The van der Waals surface area contributed by atoms with Gasteiger partial charge in [0.15, 0.2) is 5.78 Å². The molecule has 0 spiro atoms. The number of halogens is 1. The summed E-state index contributed by atoms with van der Waals surface area (Å²) in [6, 6.07) is 10.1. The lowest BCUT2D eigenvalue weighted by Crippen LogP contribution is -2.48. The zero-order valence-electron chi connectivity index (χ0n) is 33.3. The Kier molecular flexibility index (Phi) is 30.6. The molecule has 3 heterocycles. The molecule has 15 nitrogen and oxygen atoms in total. The first kappa shape index (κ1) is 56.5. The minimum atomic E-state index is -0.888. The van der Waals surface area contributed by atoms with E-state index < -0.39 is 41.4 Å². The van der Waals surface area contributed by atoms with Crippen LogP contribution in [0.2, 0.25) is 0 Å². The van der Waals surface area contributed by atoms with Crippen molar-refractivity contribution in [2.45, 2.75) is 87.3 Å². The SMILES string of the molecule is C.CCO.CCOC(=O)C1CN(C(=O)OC(C)(C)C)CCC1=O.CCOC(=O)C1CN(Cc2ccccc2)CCC1=O.CCOC(=O)C1CNCCC1=O.Cl.[B]. The van der Waals surface area contributed by atoms with Gasteiger partial charge in [-0.15, -0.1) is 12.4 Å². The van der Waals surface area contributed by atoms with Crippen molar-refractivity contribution in [3.63, 3.8) is 0 Å². The molecule has 0 saturated carbocycles. The quantitative estimate of drug-likeness (QED) is 0.168. The first-order valence-corrected chi connectivity index (χ1v) is 18.3. The van der Waals surface area contributed by atoms with Gasteiger partial charge in [-0.25, -0.2) is 4.79 Å². The molecule has 3 aliphatic rings. The number of hydrogen-bond acceptors (Lipinski definition) is 14. The molecule has 3 atom stereocenters. The van der Waals surface area contributed by atoms with Gasteiger partial charge >= 0.3 is 24.0 Å². The van der Waals surface area contributed by atoms with Crippen molar-refractivity contribution >= 4 is 62.2 Å². The number of carbonyl (C=O) groups is 7. The largest absolute Gasteiger partial charge is 0.465 e. The number of nitrogens with one attached hydrogen (secondary N) is 1. The smallest absolute Gasteiger partial charge is 0.410 e. The third-order valence-electron chi connectivity index (χ3n) is 7.82. The second kappa shape index (κ2) is 30.3. The van der Waals surface area contributed by atoms with E-state index in [2.05, 4.69) is 22.3 Å². The normalized spacial score (nSPS) is 19.1. The number of benzene rings is 1. The Morgan fingerprint density at radius 2 is 1.20 bits per heavy atom. The van der Waals surface area contributed by atoms with Crippen molar-refractivity contribution in [2.75, 3.05) is 65.7 Å². The minimum absolute atomic E-state index is 0. The molecule has 317 valence electrons. The van der Waals surface area contributed by atoms with Gasteiger partial charge in [-0.05, 0) is 54.0 Å². The van der Waals surface area contributed by atoms with Gasteiger partial charge in [0.1, 0.15) is 34.9 Å². The number of carbonyl (C=O) groups excluding carboxylic acids is 7. The number of nitrogens with zero attached hydrogens (tertiary/aromatic N) is 2. The standard InChI is InChI=1S/C15H19NO3.C13H21NO5.C8H13NO3.C2H6O.CH4.B.ClH/c1-2-19-15(18)13-11-16(9-8-14(13)17)10-12-6-4-3-5-7-12;1-5-18-11(16)9-8-14(7-6-10(9)15)12(17)19-13(2,3)4;1-2-12-8(11)6-5-9-4-3-7(6)10;1-2-3;;;/h3-7,13H,2,8-11H2,1H3;9H,5-8H2,1-4H3;6,9H,2-5H2,1H3;3H,2H2,1H3;1H4;;1H. The molecule has 2 N–H and O–H groups in total. The van der Waals surface area contributed by atoms with E-state index in [4.69, 9.17) is 24.1 Å². The van der Waals surface area contributed by atoms with Gasteiger partial charge in [-0.1, -0.05) is 37.8 Å². The Morgan fingerprint density at radius 1 is 0.750 bits per heavy atom. The second-order valence-electron chi connectivity index (χ2n) is 13.2. The highest BCUT2D eigenvalue weighted by Gasteiger charge is 2.37. The van der Waals surface area contributed by atoms with Crippen LogP contribution in [-0.2, 0) is 54.3 Å². The fourth-order valence-corrected chi connectivity index (χ4v) is 5.31. The number of piperidine rings is 3. The van der Waals surface area contributed by atoms with Crippen LogP contribution >= 0.6 is 12.4 Å². The van der Waals surface area contributed by atoms with Crippen LogP contribution in [0.5, 0.6) is 0 Å². The highest BCUT2D eigenvalue weighted by molar-refractivity contribution is 6.01. The molecular weight excluding hydrogens is 749 g/mol. The van der Waals surface area contributed by atoms with E-state index in [1.165, 1.54) is 10.5 Å². The van der Waals surface area contributed by atoms with Crippen molar-refractivity contribution in [2.24, 2.45) is 17.8 Å². The van der Waals surface area contributed by atoms with E-state index in [1.807, 2.05) is 18.2 Å². The van der Waals surface area contributed by atoms with Gasteiger partial charge in [-0.3, -0.25) is 33.7 Å². The molecule has 3 aliphatic heterocycles. The van der Waals surface area contributed by atoms with E-state index in [0.29, 0.717) is 52.2 Å². The summed E-state index contributed by atoms with van der Waals surface area (Å²) < 4.78 is 19.8. The molecule has 4 rings (SSSR count). The number of amides is 1. The van der Waals surface area contributed by atoms with E-state index in [1.54, 1.807) is 48.5 Å². The van der Waals surface area contributed by atoms with Crippen molar-refractivity contribution in [1.29, 1.82) is 0 Å². The third kappa shape index (κ3) is 21.4. The molecular formula is C39H64BClN3O12. The summed E-state index contributed by atoms with van der Waals surface area (Å²) in [5.74, 6) is -3.61. The number of ketones is 3. The number of hydrogen-bond donors (Lipinski definition) is 2. The van der Waals surface area contributed by atoms with E-state index in [0.717, 1.165) is 6.54 Å². The maximum absolute atomic E-state index is 11.9. The number of ether oxygens (including phenoxy) is 4. The van der Waals surface area contributed by atoms with Crippen LogP contribution in [0.1, 0.15) is 80.7 Å². The Balaban J connectivity index is -0.000000723. The first-order valence-electron chi connectivity index (χ1n) is 18.3. The van der Waals surface area contributed by atoms with Crippen molar-refractivity contribution in [1.82, 2.24) is 15.1 Å². The zero-order chi connectivity index (χ0) is 40.0. The highest BCUT2D eigenvalue weighted by atomic mass is 35.5. The van der Waals surface area contributed by atoms with Crippen LogP contribution in [0.3, 0.4) is 0 Å². The average Bonchev–Trinajstić information content (AvgIpc) is 3.10. The lowest BCUT2D eigenvalue weighted by molar-refractivity contribution is -0.155. The third-order valence-corrected chi connectivity index (χ3v) is 7.82. The monoisotopic (exact) mass is 812 g/mol.